The highest BCUT2D eigenvalue weighted by Crippen LogP contribution is 2.30. The highest BCUT2D eigenvalue weighted by molar-refractivity contribution is 5.54. The molecule has 2 rings (SSSR count). The molecule has 0 amide bonds. The predicted molar refractivity (Wildman–Crippen MR) is 87.0 cm³/mol. The average Bonchev–Trinajstić information content (AvgIpc) is 2.43. The van der Waals surface area contributed by atoms with Crippen LogP contribution in [-0.2, 0) is 4.74 Å². The SMILES string of the molecule is CCCNC(C)c1ccc(N2CC(C)OC(C)C2)cc1O. The maximum Gasteiger partial charge on any atom is 0.122 e. The molecule has 0 aliphatic carbocycles. The number of rotatable bonds is 5. The second kappa shape index (κ2) is 7.14. The summed E-state index contributed by atoms with van der Waals surface area (Å²) in [6.45, 7) is 11.1. The number of morpholine rings is 1. The highest BCUT2D eigenvalue weighted by Gasteiger charge is 2.23. The van der Waals surface area contributed by atoms with Crippen molar-refractivity contribution in [1.82, 2.24) is 5.32 Å². The third-order valence-electron chi connectivity index (χ3n) is 3.97. The summed E-state index contributed by atoms with van der Waals surface area (Å²) in [5, 5.41) is 13.7. The van der Waals surface area contributed by atoms with Crippen LogP contribution >= 0.6 is 0 Å². The molecule has 0 bridgehead atoms. The summed E-state index contributed by atoms with van der Waals surface area (Å²) >= 11 is 0. The summed E-state index contributed by atoms with van der Waals surface area (Å²) in [5.41, 5.74) is 2.03. The van der Waals surface area contributed by atoms with E-state index in [0.717, 1.165) is 37.3 Å². The predicted octanol–water partition coefficient (Wildman–Crippen LogP) is 3.07. The molecule has 4 nitrogen and oxygen atoms in total. The van der Waals surface area contributed by atoms with Gasteiger partial charge in [0.25, 0.3) is 0 Å². The molecule has 1 aliphatic rings. The number of phenolic OH excluding ortho intramolecular Hbond substituents is 1. The van der Waals surface area contributed by atoms with Gasteiger partial charge in [-0.1, -0.05) is 13.0 Å². The van der Waals surface area contributed by atoms with E-state index in [1.165, 1.54) is 0 Å². The summed E-state index contributed by atoms with van der Waals surface area (Å²) in [6, 6.07) is 6.18. The topological polar surface area (TPSA) is 44.7 Å². The Labute approximate surface area is 128 Å². The van der Waals surface area contributed by atoms with Crippen LogP contribution in [0.5, 0.6) is 5.75 Å². The van der Waals surface area contributed by atoms with Gasteiger partial charge in [0.05, 0.1) is 12.2 Å². The Morgan fingerprint density at radius 3 is 2.57 bits per heavy atom. The first-order chi connectivity index (χ1) is 10.0. The molecule has 3 atom stereocenters. The highest BCUT2D eigenvalue weighted by atomic mass is 16.5. The van der Waals surface area contributed by atoms with Crippen molar-refractivity contribution in [2.45, 2.75) is 52.4 Å². The van der Waals surface area contributed by atoms with Crippen molar-refractivity contribution in [2.75, 3.05) is 24.5 Å². The lowest BCUT2D eigenvalue weighted by Crippen LogP contribution is -2.45. The first-order valence-corrected chi connectivity index (χ1v) is 7.98. The van der Waals surface area contributed by atoms with Gasteiger partial charge in [0.2, 0.25) is 0 Å². The fourth-order valence-corrected chi connectivity index (χ4v) is 2.95. The van der Waals surface area contributed by atoms with Crippen LogP contribution in [0.25, 0.3) is 0 Å². The molecule has 4 heteroatoms. The number of nitrogens with one attached hydrogen (secondary N) is 1. The minimum Gasteiger partial charge on any atom is -0.508 e. The first-order valence-electron chi connectivity index (χ1n) is 7.98. The molecule has 0 saturated carbocycles. The van der Waals surface area contributed by atoms with Gasteiger partial charge < -0.3 is 20.1 Å². The summed E-state index contributed by atoms with van der Waals surface area (Å²) in [6.07, 6.45) is 1.54. The number of nitrogens with zero attached hydrogens (tertiary/aromatic N) is 1. The number of anilines is 1. The van der Waals surface area contributed by atoms with Crippen molar-refractivity contribution in [1.29, 1.82) is 0 Å². The van der Waals surface area contributed by atoms with Crippen molar-refractivity contribution in [3.63, 3.8) is 0 Å². The molecule has 1 heterocycles. The summed E-state index contributed by atoms with van der Waals surface area (Å²) in [5.74, 6) is 0.371. The zero-order chi connectivity index (χ0) is 15.4. The van der Waals surface area contributed by atoms with E-state index in [0.29, 0.717) is 5.75 Å². The van der Waals surface area contributed by atoms with E-state index >= 15 is 0 Å². The van der Waals surface area contributed by atoms with E-state index in [4.69, 9.17) is 4.74 Å². The second-order valence-corrected chi connectivity index (χ2v) is 6.08. The molecule has 1 aromatic carbocycles. The summed E-state index contributed by atoms with van der Waals surface area (Å²) < 4.78 is 5.76. The number of hydrogen-bond acceptors (Lipinski definition) is 4. The molecule has 1 aliphatic heterocycles. The van der Waals surface area contributed by atoms with Gasteiger partial charge in [-0.3, -0.25) is 0 Å². The largest absolute Gasteiger partial charge is 0.508 e. The normalized spacial score (nSPS) is 24.1. The number of hydrogen-bond donors (Lipinski definition) is 2. The zero-order valence-corrected chi connectivity index (χ0v) is 13.6. The molecule has 21 heavy (non-hydrogen) atoms. The standard InChI is InChI=1S/C17H28N2O2/c1-5-8-18-14(4)16-7-6-15(9-17(16)20)19-10-12(2)21-13(3)11-19/h6-7,9,12-14,18,20H,5,8,10-11H2,1-4H3. The van der Waals surface area contributed by atoms with Gasteiger partial charge in [0, 0.05) is 36.4 Å². The van der Waals surface area contributed by atoms with Crippen molar-refractivity contribution < 1.29 is 9.84 Å². The number of aromatic hydroxyl groups is 1. The first kappa shape index (κ1) is 16.1. The molecule has 0 spiro atoms. The summed E-state index contributed by atoms with van der Waals surface area (Å²) in [4.78, 5) is 2.28. The van der Waals surface area contributed by atoms with Crippen LogP contribution in [0, 0.1) is 0 Å². The monoisotopic (exact) mass is 292 g/mol. The molecular weight excluding hydrogens is 264 g/mol. The van der Waals surface area contributed by atoms with Crippen LogP contribution in [0.2, 0.25) is 0 Å². The van der Waals surface area contributed by atoms with E-state index < -0.39 is 0 Å². The Kier molecular flexibility index (Phi) is 5.48. The lowest BCUT2D eigenvalue weighted by Gasteiger charge is -2.37. The van der Waals surface area contributed by atoms with Crippen LogP contribution in [0.3, 0.4) is 0 Å². The van der Waals surface area contributed by atoms with Crippen LogP contribution in [0.15, 0.2) is 18.2 Å². The lowest BCUT2D eigenvalue weighted by molar-refractivity contribution is -0.00523. The number of benzene rings is 1. The van der Waals surface area contributed by atoms with E-state index in [9.17, 15) is 5.11 Å². The van der Waals surface area contributed by atoms with E-state index in [1.54, 1.807) is 0 Å². The molecule has 3 unspecified atom stereocenters. The van der Waals surface area contributed by atoms with Gasteiger partial charge in [0.1, 0.15) is 5.75 Å². The molecule has 0 radical (unpaired) electrons. The minimum absolute atomic E-state index is 0.168. The fraction of sp³-hybridized carbons (Fsp3) is 0.647. The Balaban J connectivity index is 2.11. The molecule has 0 aromatic heterocycles. The van der Waals surface area contributed by atoms with Gasteiger partial charge in [-0.15, -0.1) is 0 Å². The van der Waals surface area contributed by atoms with Crippen LogP contribution in [-0.4, -0.2) is 36.9 Å². The Morgan fingerprint density at radius 1 is 1.33 bits per heavy atom. The lowest BCUT2D eigenvalue weighted by atomic mass is 10.1. The van der Waals surface area contributed by atoms with Crippen molar-refractivity contribution in [2.24, 2.45) is 0 Å². The molecule has 1 aromatic rings. The number of ether oxygens (including phenoxy) is 1. The van der Waals surface area contributed by atoms with Crippen LogP contribution in [0.1, 0.15) is 45.7 Å². The number of phenols is 1. The maximum atomic E-state index is 10.3. The Morgan fingerprint density at radius 2 is 2.00 bits per heavy atom. The smallest absolute Gasteiger partial charge is 0.122 e. The van der Waals surface area contributed by atoms with Gasteiger partial charge in [-0.05, 0) is 39.8 Å². The van der Waals surface area contributed by atoms with Crippen molar-refractivity contribution >= 4 is 5.69 Å². The molecule has 1 fully saturated rings. The molecule has 118 valence electrons. The molecule has 1 saturated heterocycles. The third kappa shape index (κ3) is 4.11. The minimum atomic E-state index is 0.168. The van der Waals surface area contributed by atoms with Crippen LogP contribution in [0.4, 0.5) is 5.69 Å². The second-order valence-electron chi connectivity index (χ2n) is 6.08. The summed E-state index contributed by atoms with van der Waals surface area (Å²) in [7, 11) is 0. The van der Waals surface area contributed by atoms with Crippen molar-refractivity contribution in [3.05, 3.63) is 23.8 Å². The van der Waals surface area contributed by atoms with Gasteiger partial charge in [-0.25, -0.2) is 0 Å². The van der Waals surface area contributed by atoms with E-state index in [2.05, 4.69) is 44.0 Å². The molecule has 2 N–H and O–H groups in total. The fourth-order valence-electron chi connectivity index (χ4n) is 2.95. The Bertz CT molecular complexity index is 454. The maximum absolute atomic E-state index is 10.3. The van der Waals surface area contributed by atoms with Crippen molar-refractivity contribution in [3.8, 4) is 5.75 Å². The van der Waals surface area contributed by atoms with E-state index in [1.807, 2.05) is 12.1 Å². The zero-order valence-electron chi connectivity index (χ0n) is 13.6. The third-order valence-corrected chi connectivity index (χ3v) is 3.97. The van der Waals surface area contributed by atoms with Gasteiger partial charge in [0.15, 0.2) is 0 Å². The van der Waals surface area contributed by atoms with E-state index in [-0.39, 0.29) is 18.2 Å². The van der Waals surface area contributed by atoms with Crippen LogP contribution < -0.4 is 10.2 Å². The quantitative estimate of drug-likeness (QED) is 0.875. The average molecular weight is 292 g/mol. The van der Waals surface area contributed by atoms with Gasteiger partial charge in [-0.2, -0.15) is 0 Å². The van der Waals surface area contributed by atoms with Gasteiger partial charge >= 0.3 is 0 Å². The molecular formula is C17H28N2O2. The Hall–Kier alpha value is -1.26.